The van der Waals surface area contributed by atoms with Gasteiger partial charge in [0.15, 0.2) is 0 Å². The van der Waals surface area contributed by atoms with Crippen LogP contribution in [0.2, 0.25) is 0 Å². The van der Waals surface area contributed by atoms with Gasteiger partial charge in [-0.05, 0) is 13.3 Å². The van der Waals surface area contributed by atoms with E-state index in [1.807, 2.05) is 13.8 Å². The molecule has 100 valence electrons. The highest BCUT2D eigenvalue weighted by atomic mass is 16.5. The normalized spacial score (nSPS) is 20.9. The topological polar surface area (TPSA) is 50.8 Å². The lowest BCUT2D eigenvalue weighted by Crippen LogP contribution is -2.48. The van der Waals surface area contributed by atoms with Crippen LogP contribution in [-0.4, -0.2) is 62.9 Å². The Balaban J connectivity index is 2.23. The van der Waals surface area contributed by atoms with E-state index in [2.05, 4.69) is 10.2 Å². The summed E-state index contributed by atoms with van der Waals surface area (Å²) in [5, 5.41) is 2.93. The van der Waals surface area contributed by atoms with E-state index in [9.17, 15) is 4.79 Å². The van der Waals surface area contributed by atoms with Crippen molar-refractivity contribution in [3.8, 4) is 0 Å². The van der Waals surface area contributed by atoms with Crippen LogP contribution < -0.4 is 5.32 Å². The molecule has 0 bridgehead atoms. The van der Waals surface area contributed by atoms with Gasteiger partial charge in [-0.2, -0.15) is 0 Å². The Morgan fingerprint density at radius 2 is 2.12 bits per heavy atom. The fourth-order valence-electron chi connectivity index (χ4n) is 1.74. The molecule has 0 aromatic carbocycles. The number of nitrogens with zero attached hydrogens (tertiary/aromatic N) is 1. The average molecular weight is 244 g/mol. The zero-order valence-electron chi connectivity index (χ0n) is 11.1. The van der Waals surface area contributed by atoms with Crippen LogP contribution in [0.15, 0.2) is 0 Å². The van der Waals surface area contributed by atoms with Crippen molar-refractivity contribution in [1.29, 1.82) is 0 Å². The molecule has 1 saturated heterocycles. The summed E-state index contributed by atoms with van der Waals surface area (Å²) in [7, 11) is 1.57. The zero-order chi connectivity index (χ0) is 12.7. The van der Waals surface area contributed by atoms with Crippen LogP contribution >= 0.6 is 0 Å². The van der Waals surface area contributed by atoms with Gasteiger partial charge in [0.1, 0.15) is 5.60 Å². The minimum atomic E-state index is -0.703. The molecule has 1 heterocycles. The van der Waals surface area contributed by atoms with Crippen LogP contribution in [-0.2, 0) is 14.3 Å². The highest BCUT2D eigenvalue weighted by molar-refractivity contribution is 5.84. The molecule has 0 spiro atoms. The second-order valence-corrected chi connectivity index (χ2v) is 4.50. The molecule has 1 fully saturated rings. The number of rotatable bonds is 6. The first kappa shape index (κ1) is 14.4. The molecule has 0 saturated carbocycles. The highest BCUT2D eigenvalue weighted by Gasteiger charge is 2.30. The van der Waals surface area contributed by atoms with Crippen molar-refractivity contribution >= 4 is 5.91 Å². The Hall–Kier alpha value is -0.650. The second kappa shape index (κ2) is 6.93. The maximum atomic E-state index is 11.9. The summed E-state index contributed by atoms with van der Waals surface area (Å²) in [6.45, 7) is 8.78. The molecule has 5 heteroatoms. The summed E-state index contributed by atoms with van der Waals surface area (Å²) in [6.07, 6.45) is 0.673. The number of amides is 1. The average Bonchev–Trinajstić information content (AvgIpc) is 2.39. The minimum absolute atomic E-state index is 0.0317. The molecule has 0 aromatic rings. The fraction of sp³-hybridized carbons (Fsp3) is 0.917. The van der Waals surface area contributed by atoms with Gasteiger partial charge >= 0.3 is 0 Å². The number of methoxy groups -OCH3 is 1. The van der Waals surface area contributed by atoms with Crippen molar-refractivity contribution < 1.29 is 14.3 Å². The number of morpholine rings is 1. The number of hydrogen-bond donors (Lipinski definition) is 1. The number of ether oxygens (including phenoxy) is 2. The predicted octanol–water partition coefficient (Wildman–Crippen LogP) is 0.250. The van der Waals surface area contributed by atoms with Gasteiger partial charge in [0.25, 0.3) is 5.91 Å². The molecule has 1 amide bonds. The molecule has 1 unspecified atom stereocenters. The molecule has 0 aliphatic carbocycles. The third kappa shape index (κ3) is 4.26. The van der Waals surface area contributed by atoms with E-state index in [1.54, 1.807) is 7.11 Å². The molecule has 1 atom stereocenters. The molecule has 0 radical (unpaired) electrons. The summed E-state index contributed by atoms with van der Waals surface area (Å²) in [6, 6.07) is 0. The predicted molar refractivity (Wildman–Crippen MR) is 66.0 cm³/mol. The number of carbonyl (C=O) groups excluding carboxylic acids is 1. The van der Waals surface area contributed by atoms with Gasteiger partial charge in [-0.1, -0.05) is 6.92 Å². The Kier molecular flexibility index (Phi) is 5.88. The van der Waals surface area contributed by atoms with Crippen LogP contribution in [0.25, 0.3) is 0 Å². The number of carbonyl (C=O) groups is 1. The number of nitrogens with one attached hydrogen (secondary N) is 1. The summed E-state index contributed by atoms with van der Waals surface area (Å²) in [5.41, 5.74) is -0.703. The first-order valence-corrected chi connectivity index (χ1v) is 6.26. The molecular weight excluding hydrogens is 220 g/mol. The van der Waals surface area contributed by atoms with Crippen LogP contribution in [0, 0.1) is 0 Å². The van der Waals surface area contributed by atoms with E-state index in [-0.39, 0.29) is 5.91 Å². The van der Waals surface area contributed by atoms with Crippen molar-refractivity contribution in [3.05, 3.63) is 0 Å². The van der Waals surface area contributed by atoms with Crippen molar-refractivity contribution in [2.24, 2.45) is 0 Å². The Labute approximate surface area is 103 Å². The SMILES string of the molecule is CCC(C)(OC)C(=O)NCCN1CCOCC1. The maximum absolute atomic E-state index is 11.9. The van der Waals surface area contributed by atoms with Crippen molar-refractivity contribution in [2.45, 2.75) is 25.9 Å². The second-order valence-electron chi connectivity index (χ2n) is 4.50. The lowest BCUT2D eigenvalue weighted by Gasteiger charge is -2.28. The molecule has 17 heavy (non-hydrogen) atoms. The van der Waals surface area contributed by atoms with Gasteiger partial charge in [-0.3, -0.25) is 9.69 Å². The van der Waals surface area contributed by atoms with Crippen LogP contribution in [0.1, 0.15) is 20.3 Å². The molecule has 0 aromatic heterocycles. The first-order chi connectivity index (χ1) is 8.12. The summed E-state index contributed by atoms with van der Waals surface area (Å²) < 4.78 is 10.5. The van der Waals surface area contributed by atoms with Gasteiger partial charge in [0.2, 0.25) is 0 Å². The lowest BCUT2D eigenvalue weighted by atomic mass is 10.0. The van der Waals surface area contributed by atoms with E-state index >= 15 is 0 Å². The number of hydrogen-bond acceptors (Lipinski definition) is 4. The largest absolute Gasteiger partial charge is 0.379 e. The van der Waals surface area contributed by atoms with Gasteiger partial charge in [-0.15, -0.1) is 0 Å². The Bertz CT molecular complexity index is 236. The summed E-state index contributed by atoms with van der Waals surface area (Å²) in [4.78, 5) is 14.2. The van der Waals surface area contributed by atoms with Gasteiger partial charge in [0, 0.05) is 33.3 Å². The van der Waals surface area contributed by atoms with E-state index in [0.717, 1.165) is 32.8 Å². The van der Waals surface area contributed by atoms with Gasteiger partial charge in [-0.25, -0.2) is 0 Å². The van der Waals surface area contributed by atoms with Gasteiger partial charge < -0.3 is 14.8 Å². The standard InChI is InChI=1S/C12H24N2O3/c1-4-12(2,16-3)11(15)13-5-6-14-7-9-17-10-8-14/h4-10H2,1-3H3,(H,13,15). The van der Waals surface area contributed by atoms with Crippen molar-refractivity contribution in [3.63, 3.8) is 0 Å². The third-order valence-electron chi connectivity index (χ3n) is 3.42. The van der Waals surface area contributed by atoms with E-state index < -0.39 is 5.60 Å². The lowest BCUT2D eigenvalue weighted by molar-refractivity contribution is -0.141. The zero-order valence-corrected chi connectivity index (χ0v) is 11.1. The summed E-state index contributed by atoms with van der Waals surface area (Å²) in [5.74, 6) is -0.0317. The summed E-state index contributed by atoms with van der Waals surface area (Å²) >= 11 is 0. The molecular formula is C12H24N2O3. The molecule has 1 rings (SSSR count). The quantitative estimate of drug-likeness (QED) is 0.727. The molecule has 1 aliphatic rings. The molecule has 5 nitrogen and oxygen atoms in total. The third-order valence-corrected chi connectivity index (χ3v) is 3.42. The highest BCUT2D eigenvalue weighted by Crippen LogP contribution is 2.13. The first-order valence-electron chi connectivity index (χ1n) is 6.26. The van der Waals surface area contributed by atoms with E-state index in [1.165, 1.54) is 0 Å². The van der Waals surface area contributed by atoms with E-state index in [0.29, 0.717) is 13.0 Å². The maximum Gasteiger partial charge on any atom is 0.251 e. The van der Waals surface area contributed by atoms with Gasteiger partial charge in [0.05, 0.1) is 13.2 Å². The Morgan fingerprint density at radius 1 is 1.47 bits per heavy atom. The smallest absolute Gasteiger partial charge is 0.251 e. The van der Waals surface area contributed by atoms with Crippen LogP contribution in [0.3, 0.4) is 0 Å². The Morgan fingerprint density at radius 3 is 2.65 bits per heavy atom. The van der Waals surface area contributed by atoms with Crippen molar-refractivity contribution in [2.75, 3.05) is 46.5 Å². The van der Waals surface area contributed by atoms with E-state index in [4.69, 9.17) is 9.47 Å². The minimum Gasteiger partial charge on any atom is -0.379 e. The van der Waals surface area contributed by atoms with Crippen LogP contribution in [0.4, 0.5) is 0 Å². The monoisotopic (exact) mass is 244 g/mol. The fourth-order valence-corrected chi connectivity index (χ4v) is 1.74. The molecule has 1 aliphatic heterocycles. The van der Waals surface area contributed by atoms with Crippen molar-refractivity contribution in [1.82, 2.24) is 10.2 Å². The molecule has 1 N–H and O–H groups in total. The van der Waals surface area contributed by atoms with Crippen LogP contribution in [0.5, 0.6) is 0 Å².